The standard InChI is InChI=1S/C28H56/c1-15-26(9,10)17-22(4)23(5)24(18-27(11,12)16-21(2)3)19-28(13,14)20-25(6,7)8/h21,24H,15-20H2,1-14H3/b23-22+. The summed E-state index contributed by atoms with van der Waals surface area (Å²) in [4.78, 5) is 0. The normalized spacial score (nSPS) is 16.4. The molecule has 0 aliphatic heterocycles. The second-order valence-electron chi connectivity index (χ2n) is 13.9. The van der Waals surface area contributed by atoms with Crippen LogP contribution in [0.3, 0.4) is 0 Å². The highest BCUT2D eigenvalue weighted by Crippen LogP contribution is 2.45. The molecule has 0 heterocycles. The third kappa shape index (κ3) is 11.7. The third-order valence-corrected chi connectivity index (χ3v) is 6.55. The van der Waals surface area contributed by atoms with Gasteiger partial charge in [-0.25, -0.2) is 0 Å². The largest absolute Gasteiger partial charge is 0.0736 e. The third-order valence-electron chi connectivity index (χ3n) is 6.55. The minimum absolute atomic E-state index is 0.374. The van der Waals surface area contributed by atoms with E-state index < -0.39 is 0 Å². The number of rotatable bonds is 11. The van der Waals surface area contributed by atoms with Crippen LogP contribution in [-0.4, -0.2) is 0 Å². The maximum absolute atomic E-state index is 2.50. The fourth-order valence-electron chi connectivity index (χ4n) is 5.74. The molecule has 0 heteroatoms. The van der Waals surface area contributed by atoms with E-state index in [0.29, 0.717) is 27.6 Å². The van der Waals surface area contributed by atoms with Crippen molar-refractivity contribution in [3.8, 4) is 0 Å². The van der Waals surface area contributed by atoms with Crippen LogP contribution in [0.5, 0.6) is 0 Å². The maximum atomic E-state index is 2.50. The lowest BCUT2D eigenvalue weighted by atomic mass is 9.66. The Balaban J connectivity index is 5.78. The lowest BCUT2D eigenvalue weighted by Crippen LogP contribution is -2.28. The summed E-state index contributed by atoms with van der Waals surface area (Å²) in [5, 5.41) is 0. The Morgan fingerprint density at radius 2 is 1.14 bits per heavy atom. The molecule has 0 N–H and O–H groups in total. The van der Waals surface area contributed by atoms with Gasteiger partial charge in [0.25, 0.3) is 0 Å². The Bertz CT molecular complexity index is 491. The van der Waals surface area contributed by atoms with E-state index in [4.69, 9.17) is 0 Å². The van der Waals surface area contributed by atoms with E-state index in [2.05, 4.69) is 96.9 Å². The SMILES string of the molecule is CCC(C)(C)C/C(C)=C(\C)C(CC(C)(C)CC(C)C)CC(C)(C)CC(C)(C)C. The smallest absolute Gasteiger partial charge is 0.0193 e. The minimum Gasteiger partial charge on any atom is -0.0736 e. The first-order valence-corrected chi connectivity index (χ1v) is 12.0. The molecule has 0 aromatic rings. The van der Waals surface area contributed by atoms with Gasteiger partial charge in [-0.05, 0) is 79.4 Å². The molecule has 0 nitrogen and oxygen atoms in total. The number of hydrogen-bond acceptors (Lipinski definition) is 0. The van der Waals surface area contributed by atoms with Crippen LogP contribution in [0.15, 0.2) is 11.1 Å². The van der Waals surface area contributed by atoms with Crippen LogP contribution in [-0.2, 0) is 0 Å². The summed E-state index contributed by atoms with van der Waals surface area (Å²) in [5.41, 5.74) is 4.89. The maximum Gasteiger partial charge on any atom is -0.0193 e. The molecule has 0 rings (SSSR count). The van der Waals surface area contributed by atoms with Crippen molar-refractivity contribution in [2.45, 2.75) is 135 Å². The minimum atomic E-state index is 0.374. The highest BCUT2D eigenvalue weighted by atomic mass is 14.4. The fourth-order valence-corrected chi connectivity index (χ4v) is 5.74. The van der Waals surface area contributed by atoms with E-state index in [1.165, 1.54) is 38.5 Å². The molecule has 1 unspecified atom stereocenters. The Kier molecular flexibility index (Phi) is 10.1. The van der Waals surface area contributed by atoms with Gasteiger partial charge in [-0.2, -0.15) is 0 Å². The molecule has 0 saturated heterocycles. The van der Waals surface area contributed by atoms with Gasteiger partial charge in [-0.3, -0.25) is 0 Å². The van der Waals surface area contributed by atoms with Crippen molar-refractivity contribution >= 4 is 0 Å². The van der Waals surface area contributed by atoms with Gasteiger partial charge in [0.15, 0.2) is 0 Å². The van der Waals surface area contributed by atoms with Crippen LogP contribution in [0.1, 0.15) is 135 Å². The number of allylic oxidation sites excluding steroid dienone is 2. The van der Waals surface area contributed by atoms with Crippen molar-refractivity contribution < 1.29 is 0 Å². The van der Waals surface area contributed by atoms with E-state index >= 15 is 0 Å². The van der Waals surface area contributed by atoms with Gasteiger partial charge in [-0.1, -0.05) is 101 Å². The van der Waals surface area contributed by atoms with Gasteiger partial charge in [0.05, 0.1) is 0 Å². The molecule has 0 aromatic heterocycles. The summed E-state index contributed by atoms with van der Waals surface area (Å²) < 4.78 is 0. The van der Waals surface area contributed by atoms with Gasteiger partial charge in [0.2, 0.25) is 0 Å². The Labute approximate surface area is 180 Å². The summed E-state index contributed by atoms with van der Waals surface area (Å²) in [6, 6.07) is 0. The second-order valence-corrected chi connectivity index (χ2v) is 13.9. The monoisotopic (exact) mass is 392 g/mol. The molecular formula is C28H56. The summed E-state index contributed by atoms with van der Waals surface area (Å²) in [7, 11) is 0. The van der Waals surface area contributed by atoms with Crippen LogP contribution in [0.25, 0.3) is 0 Å². The Morgan fingerprint density at radius 3 is 1.54 bits per heavy atom. The zero-order valence-corrected chi connectivity index (χ0v) is 22.4. The molecule has 0 bridgehead atoms. The molecular weight excluding hydrogens is 336 g/mol. The molecule has 0 fully saturated rings. The summed E-state index contributed by atoms with van der Waals surface area (Å²) in [5.74, 6) is 1.46. The second kappa shape index (κ2) is 10.2. The van der Waals surface area contributed by atoms with Crippen molar-refractivity contribution in [2.24, 2.45) is 33.5 Å². The summed E-state index contributed by atoms with van der Waals surface area (Å²) in [6.07, 6.45) is 7.70. The summed E-state index contributed by atoms with van der Waals surface area (Å²) >= 11 is 0. The molecule has 168 valence electrons. The van der Waals surface area contributed by atoms with Gasteiger partial charge in [0, 0.05) is 0 Å². The van der Waals surface area contributed by atoms with Crippen molar-refractivity contribution in [1.82, 2.24) is 0 Å². The lowest BCUT2D eigenvalue weighted by molar-refractivity contribution is 0.148. The average molecular weight is 393 g/mol. The molecule has 0 aliphatic carbocycles. The topological polar surface area (TPSA) is 0 Å². The predicted octanol–water partition coefficient (Wildman–Crippen LogP) is 10.1. The van der Waals surface area contributed by atoms with Crippen molar-refractivity contribution in [3.63, 3.8) is 0 Å². The molecule has 0 spiro atoms. The zero-order chi connectivity index (χ0) is 22.6. The molecule has 0 radical (unpaired) electrons. The first-order chi connectivity index (χ1) is 12.3. The van der Waals surface area contributed by atoms with Crippen LogP contribution in [0, 0.1) is 33.5 Å². The first kappa shape index (κ1) is 27.7. The van der Waals surface area contributed by atoms with E-state index in [9.17, 15) is 0 Å². The Morgan fingerprint density at radius 1 is 0.679 bits per heavy atom. The molecule has 28 heavy (non-hydrogen) atoms. The molecule has 0 aromatic carbocycles. The van der Waals surface area contributed by atoms with Crippen molar-refractivity contribution in [2.75, 3.05) is 0 Å². The van der Waals surface area contributed by atoms with E-state index in [1.807, 2.05) is 0 Å². The van der Waals surface area contributed by atoms with Crippen LogP contribution in [0.4, 0.5) is 0 Å². The van der Waals surface area contributed by atoms with Gasteiger partial charge in [0.1, 0.15) is 0 Å². The Hall–Kier alpha value is -0.260. The average Bonchev–Trinajstić information content (AvgIpc) is 2.40. The van der Waals surface area contributed by atoms with E-state index in [1.54, 1.807) is 11.1 Å². The fraction of sp³-hybridized carbons (Fsp3) is 0.929. The molecule has 0 saturated carbocycles. The highest BCUT2D eigenvalue weighted by molar-refractivity contribution is 5.16. The van der Waals surface area contributed by atoms with Crippen LogP contribution < -0.4 is 0 Å². The van der Waals surface area contributed by atoms with Crippen molar-refractivity contribution in [3.05, 3.63) is 11.1 Å². The van der Waals surface area contributed by atoms with Gasteiger partial charge < -0.3 is 0 Å². The van der Waals surface area contributed by atoms with E-state index in [0.717, 1.165) is 5.92 Å². The van der Waals surface area contributed by atoms with Gasteiger partial charge >= 0.3 is 0 Å². The first-order valence-electron chi connectivity index (χ1n) is 12.0. The molecule has 0 amide bonds. The van der Waals surface area contributed by atoms with Crippen LogP contribution in [0.2, 0.25) is 0 Å². The van der Waals surface area contributed by atoms with Gasteiger partial charge in [-0.15, -0.1) is 0 Å². The van der Waals surface area contributed by atoms with Crippen molar-refractivity contribution in [1.29, 1.82) is 0 Å². The molecule has 0 aliphatic rings. The zero-order valence-electron chi connectivity index (χ0n) is 22.4. The summed E-state index contributed by atoms with van der Waals surface area (Å²) in [6.45, 7) is 33.9. The van der Waals surface area contributed by atoms with E-state index in [-0.39, 0.29) is 0 Å². The lowest BCUT2D eigenvalue weighted by Gasteiger charge is -2.39. The number of hydrogen-bond donors (Lipinski definition) is 0. The predicted molar refractivity (Wildman–Crippen MR) is 131 cm³/mol. The quantitative estimate of drug-likeness (QED) is 0.307. The highest BCUT2D eigenvalue weighted by Gasteiger charge is 2.33. The van der Waals surface area contributed by atoms with Crippen LogP contribution >= 0.6 is 0 Å². The molecule has 1 atom stereocenters.